The molecule has 0 bridgehead atoms. The fourth-order valence-corrected chi connectivity index (χ4v) is 1.96. The summed E-state index contributed by atoms with van der Waals surface area (Å²) in [6, 6.07) is 10.1. The van der Waals surface area contributed by atoms with E-state index in [0.717, 1.165) is 28.8 Å². The number of benzene rings is 1. The molecule has 0 aliphatic rings. The van der Waals surface area contributed by atoms with Crippen LogP contribution in [0.1, 0.15) is 25.1 Å². The molecule has 1 aromatic heterocycles. The van der Waals surface area contributed by atoms with Crippen LogP contribution in [-0.2, 0) is 0 Å². The molecule has 2 rings (SSSR count). The zero-order valence-electron chi connectivity index (χ0n) is 11.0. The Morgan fingerprint density at radius 3 is 2.56 bits per heavy atom. The van der Waals surface area contributed by atoms with Crippen LogP contribution in [-0.4, -0.2) is 11.5 Å². The van der Waals surface area contributed by atoms with Gasteiger partial charge in [-0.3, -0.25) is 0 Å². The number of aromatic nitrogens is 1. The molecule has 0 amide bonds. The first-order chi connectivity index (χ1) is 8.63. The second-order valence-corrected chi connectivity index (χ2v) is 4.85. The van der Waals surface area contributed by atoms with Crippen molar-refractivity contribution in [2.24, 2.45) is 5.92 Å². The fraction of sp³-hybridized carbons (Fsp3) is 0.333. The summed E-state index contributed by atoms with van der Waals surface area (Å²) in [5.41, 5.74) is 1.45. The lowest BCUT2D eigenvalue weighted by Gasteiger charge is -2.13. The van der Waals surface area contributed by atoms with Crippen molar-refractivity contribution >= 4 is 16.6 Å². The van der Waals surface area contributed by atoms with E-state index in [1.54, 1.807) is 0 Å². The maximum atomic E-state index is 9.22. The first-order valence-corrected chi connectivity index (χ1v) is 6.16. The topological polar surface area (TPSA) is 48.7 Å². The zero-order chi connectivity index (χ0) is 13.1. The van der Waals surface area contributed by atoms with Crippen LogP contribution in [0.5, 0.6) is 0 Å². The molecule has 0 radical (unpaired) electrons. The third-order valence-corrected chi connectivity index (χ3v) is 2.88. The zero-order valence-corrected chi connectivity index (χ0v) is 11.0. The number of pyridine rings is 1. The normalized spacial score (nSPS) is 10.6. The minimum absolute atomic E-state index is 0.557. The van der Waals surface area contributed by atoms with Crippen molar-refractivity contribution in [3.63, 3.8) is 0 Å². The number of aryl methyl sites for hydroxylation is 1. The smallest absolute Gasteiger partial charge is 0.134 e. The largest absolute Gasteiger partial charge is 0.369 e. The molecule has 1 aromatic carbocycles. The molecule has 0 aliphatic carbocycles. The van der Waals surface area contributed by atoms with Gasteiger partial charge in [-0.25, -0.2) is 4.98 Å². The minimum atomic E-state index is 0.557. The van der Waals surface area contributed by atoms with E-state index in [1.165, 1.54) is 0 Å². The number of hydrogen-bond acceptors (Lipinski definition) is 3. The standard InChI is InChI=1S/C15H17N3/c1-10(2)9-17-15-13-7-5-4-6-12(13)14(8-16)11(3)18-15/h4-7,10H,9H2,1-3H3,(H,17,18). The third kappa shape index (κ3) is 2.28. The van der Waals surface area contributed by atoms with Gasteiger partial charge in [-0.2, -0.15) is 5.26 Å². The lowest BCUT2D eigenvalue weighted by molar-refractivity contribution is 0.687. The molecule has 2 aromatic rings. The molecule has 1 heterocycles. The van der Waals surface area contributed by atoms with E-state index in [2.05, 4.69) is 30.2 Å². The van der Waals surface area contributed by atoms with Crippen molar-refractivity contribution in [3.05, 3.63) is 35.5 Å². The first-order valence-electron chi connectivity index (χ1n) is 6.16. The van der Waals surface area contributed by atoms with Crippen LogP contribution < -0.4 is 5.32 Å². The Labute approximate surface area is 107 Å². The highest BCUT2D eigenvalue weighted by molar-refractivity contribution is 5.96. The average molecular weight is 239 g/mol. The molecule has 0 fully saturated rings. The fourth-order valence-electron chi connectivity index (χ4n) is 1.96. The van der Waals surface area contributed by atoms with Crippen molar-refractivity contribution < 1.29 is 0 Å². The van der Waals surface area contributed by atoms with Crippen molar-refractivity contribution in [2.45, 2.75) is 20.8 Å². The lowest BCUT2D eigenvalue weighted by Crippen LogP contribution is -2.10. The van der Waals surface area contributed by atoms with Gasteiger partial charge in [0, 0.05) is 17.3 Å². The first kappa shape index (κ1) is 12.4. The molecule has 0 aliphatic heterocycles. The van der Waals surface area contributed by atoms with Gasteiger partial charge in [0.05, 0.1) is 11.3 Å². The van der Waals surface area contributed by atoms with Crippen LogP contribution in [0.2, 0.25) is 0 Å². The van der Waals surface area contributed by atoms with Crippen molar-refractivity contribution in [1.29, 1.82) is 5.26 Å². The number of anilines is 1. The Hall–Kier alpha value is -2.08. The van der Waals surface area contributed by atoms with E-state index in [9.17, 15) is 5.26 Å². The molecule has 3 heteroatoms. The summed E-state index contributed by atoms with van der Waals surface area (Å²) in [6.45, 7) is 7.07. The molecule has 0 spiro atoms. The molecule has 0 unspecified atom stereocenters. The molecule has 92 valence electrons. The summed E-state index contributed by atoms with van der Waals surface area (Å²) in [4.78, 5) is 4.51. The molecule has 0 saturated heterocycles. The Balaban J connectivity index is 2.58. The Bertz CT molecular complexity index is 609. The van der Waals surface area contributed by atoms with Crippen molar-refractivity contribution in [3.8, 4) is 6.07 Å². The SMILES string of the molecule is Cc1nc(NCC(C)C)c2ccccc2c1C#N. The monoisotopic (exact) mass is 239 g/mol. The van der Waals surface area contributed by atoms with E-state index in [4.69, 9.17) is 0 Å². The summed E-state index contributed by atoms with van der Waals surface area (Å²) in [5, 5.41) is 14.6. The molecular formula is C15H17N3. The van der Waals surface area contributed by atoms with Crippen LogP contribution in [0.15, 0.2) is 24.3 Å². The van der Waals surface area contributed by atoms with Crippen LogP contribution in [0.25, 0.3) is 10.8 Å². The van der Waals surface area contributed by atoms with Gasteiger partial charge in [0.1, 0.15) is 11.9 Å². The summed E-state index contributed by atoms with van der Waals surface area (Å²) < 4.78 is 0. The number of rotatable bonds is 3. The van der Waals surface area contributed by atoms with Gasteiger partial charge >= 0.3 is 0 Å². The predicted octanol–water partition coefficient (Wildman–Crippen LogP) is 3.48. The number of nitrogens with one attached hydrogen (secondary N) is 1. The molecular weight excluding hydrogens is 222 g/mol. The predicted molar refractivity (Wildman–Crippen MR) is 74.5 cm³/mol. The summed E-state index contributed by atoms with van der Waals surface area (Å²) in [5.74, 6) is 1.43. The van der Waals surface area contributed by atoms with Gasteiger partial charge in [-0.1, -0.05) is 38.1 Å². The molecule has 0 saturated carbocycles. The van der Waals surface area contributed by atoms with Gasteiger partial charge < -0.3 is 5.32 Å². The van der Waals surface area contributed by atoms with Crippen molar-refractivity contribution in [1.82, 2.24) is 4.98 Å². The maximum Gasteiger partial charge on any atom is 0.134 e. The molecule has 0 atom stereocenters. The second-order valence-electron chi connectivity index (χ2n) is 4.85. The van der Waals surface area contributed by atoms with Gasteiger partial charge in [0.2, 0.25) is 0 Å². The Kier molecular flexibility index (Phi) is 3.47. The molecule has 3 nitrogen and oxygen atoms in total. The maximum absolute atomic E-state index is 9.22. The highest BCUT2D eigenvalue weighted by Crippen LogP contribution is 2.26. The van der Waals surface area contributed by atoms with Gasteiger partial charge in [-0.05, 0) is 12.8 Å². The number of hydrogen-bond donors (Lipinski definition) is 1. The summed E-state index contributed by atoms with van der Waals surface area (Å²) in [7, 11) is 0. The number of nitriles is 1. The van der Waals surface area contributed by atoms with Crippen molar-refractivity contribution in [2.75, 3.05) is 11.9 Å². The summed E-state index contributed by atoms with van der Waals surface area (Å²) >= 11 is 0. The van der Waals surface area contributed by atoms with Crippen LogP contribution >= 0.6 is 0 Å². The quantitative estimate of drug-likeness (QED) is 0.892. The molecule has 1 N–H and O–H groups in total. The van der Waals surface area contributed by atoms with E-state index >= 15 is 0 Å². The van der Waals surface area contributed by atoms with Crippen LogP contribution in [0, 0.1) is 24.2 Å². The Morgan fingerprint density at radius 2 is 1.94 bits per heavy atom. The van der Waals surface area contributed by atoms with Gasteiger partial charge in [0.25, 0.3) is 0 Å². The number of nitrogens with zero attached hydrogens (tertiary/aromatic N) is 2. The van der Waals surface area contributed by atoms with Gasteiger partial charge in [-0.15, -0.1) is 0 Å². The van der Waals surface area contributed by atoms with E-state index in [-0.39, 0.29) is 0 Å². The van der Waals surface area contributed by atoms with E-state index in [1.807, 2.05) is 31.2 Å². The molecule has 18 heavy (non-hydrogen) atoms. The van der Waals surface area contributed by atoms with Crippen LogP contribution in [0.4, 0.5) is 5.82 Å². The highest BCUT2D eigenvalue weighted by atomic mass is 15.0. The van der Waals surface area contributed by atoms with E-state index < -0.39 is 0 Å². The van der Waals surface area contributed by atoms with E-state index in [0.29, 0.717) is 11.5 Å². The summed E-state index contributed by atoms with van der Waals surface area (Å²) in [6.07, 6.45) is 0. The lowest BCUT2D eigenvalue weighted by atomic mass is 10.0. The third-order valence-electron chi connectivity index (χ3n) is 2.88. The minimum Gasteiger partial charge on any atom is -0.369 e. The Morgan fingerprint density at radius 1 is 1.28 bits per heavy atom. The second kappa shape index (κ2) is 5.05. The average Bonchev–Trinajstić information content (AvgIpc) is 2.36. The van der Waals surface area contributed by atoms with Crippen LogP contribution in [0.3, 0.4) is 0 Å². The number of fused-ring (bicyclic) bond motifs is 1. The highest BCUT2D eigenvalue weighted by Gasteiger charge is 2.10. The van der Waals surface area contributed by atoms with Gasteiger partial charge in [0.15, 0.2) is 0 Å².